The van der Waals surface area contributed by atoms with E-state index in [9.17, 15) is 19.2 Å². The molecule has 2 fully saturated rings. The quantitative estimate of drug-likeness (QED) is 0.472. The fourth-order valence-corrected chi connectivity index (χ4v) is 5.12. The number of hydrogen-bond acceptors (Lipinski definition) is 8. The molecule has 0 bridgehead atoms. The summed E-state index contributed by atoms with van der Waals surface area (Å²) in [6, 6.07) is 2.10. The van der Waals surface area contributed by atoms with E-state index in [4.69, 9.17) is 14.2 Å². The van der Waals surface area contributed by atoms with Crippen molar-refractivity contribution in [1.82, 2.24) is 15.5 Å². The molecular formula is C28H31F2N5O7. The number of carbonyl (C=O) groups excluding carboxylic acids is 4. The number of amides is 4. The predicted octanol–water partition coefficient (Wildman–Crippen LogP) is 1.83. The van der Waals surface area contributed by atoms with Gasteiger partial charge in [0.2, 0.25) is 5.91 Å². The minimum absolute atomic E-state index is 0.0144. The molecule has 1 aromatic rings. The van der Waals surface area contributed by atoms with Gasteiger partial charge in [-0.25, -0.2) is 18.4 Å². The summed E-state index contributed by atoms with van der Waals surface area (Å²) in [7, 11) is 0. The lowest BCUT2D eigenvalue weighted by molar-refractivity contribution is -0.133. The SMILES string of the molecule is CCOC(=O)NCC1CN(c2cc(F)c(N3CCN(C(=O)CNC(=O)C4=CC5C=CC=CC5O4)CC3)c(F)c2)C(=O)O1. The minimum Gasteiger partial charge on any atom is -0.480 e. The summed E-state index contributed by atoms with van der Waals surface area (Å²) in [4.78, 5) is 53.0. The molecule has 1 aliphatic carbocycles. The summed E-state index contributed by atoms with van der Waals surface area (Å²) in [5.74, 6) is -2.39. The highest BCUT2D eigenvalue weighted by Crippen LogP contribution is 2.32. The third-order valence-electron chi connectivity index (χ3n) is 7.24. The standard InChI is InChI=1S/C28H31F2N5O7/c1-2-40-27(38)32-14-19-16-35(28(39)41-19)18-12-20(29)25(21(30)13-18)34-9-7-33(8-10-34)24(36)15-31-26(37)23-11-17-5-3-4-6-22(17)42-23/h3-6,11-13,17,19,22H,2,7-10,14-16H2,1H3,(H,31,37)(H,32,38). The maximum Gasteiger partial charge on any atom is 0.414 e. The minimum atomic E-state index is -0.868. The van der Waals surface area contributed by atoms with Crippen molar-refractivity contribution >= 4 is 35.4 Å². The van der Waals surface area contributed by atoms with Crippen LogP contribution in [0.25, 0.3) is 0 Å². The van der Waals surface area contributed by atoms with Crippen LogP contribution >= 0.6 is 0 Å². The average Bonchev–Trinajstić information content (AvgIpc) is 3.58. The zero-order valence-electron chi connectivity index (χ0n) is 22.9. The van der Waals surface area contributed by atoms with E-state index in [2.05, 4.69) is 10.6 Å². The number of piperazine rings is 1. The highest BCUT2D eigenvalue weighted by Gasteiger charge is 2.35. The second-order valence-electron chi connectivity index (χ2n) is 9.99. The monoisotopic (exact) mass is 587 g/mol. The molecule has 4 aliphatic rings. The molecule has 3 heterocycles. The van der Waals surface area contributed by atoms with Gasteiger partial charge in [-0.15, -0.1) is 0 Å². The second-order valence-corrected chi connectivity index (χ2v) is 9.99. The average molecular weight is 588 g/mol. The zero-order chi connectivity index (χ0) is 29.8. The number of allylic oxidation sites excluding steroid dienone is 2. The number of benzene rings is 1. The van der Waals surface area contributed by atoms with Gasteiger partial charge in [-0.05, 0) is 19.1 Å². The predicted molar refractivity (Wildman–Crippen MR) is 146 cm³/mol. The smallest absolute Gasteiger partial charge is 0.414 e. The number of carbonyl (C=O) groups is 4. The molecule has 0 spiro atoms. The van der Waals surface area contributed by atoms with Crippen LogP contribution in [-0.4, -0.2) is 93.5 Å². The Labute approximate surface area is 240 Å². The number of rotatable bonds is 8. The van der Waals surface area contributed by atoms with Crippen molar-refractivity contribution in [3.63, 3.8) is 0 Å². The Hall–Kier alpha value is -4.62. The van der Waals surface area contributed by atoms with Crippen molar-refractivity contribution in [2.45, 2.75) is 19.1 Å². The van der Waals surface area contributed by atoms with Crippen LogP contribution in [0.5, 0.6) is 0 Å². The molecule has 5 rings (SSSR count). The molecule has 2 N–H and O–H groups in total. The summed E-state index contributed by atoms with van der Waals surface area (Å²) in [5, 5.41) is 5.04. The number of halogens is 2. The van der Waals surface area contributed by atoms with Gasteiger partial charge in [0.1, 0.15) is 17.9 Å². The fourth-order valence-electron chi connectivity index (χ4n) is 5.12. The van der Waals surface area contributed by atoms with Crippen LogP contribution in [0.4, 0.5) is 29.7 Å². The highest BCUT2D eigenvalue weighted by molar-refractivity contribution is 5.94. The van der Waals surface area contributed by atoms with Crippen LogP contribution in [0.1, 0.15) is 6.92 Å². The van der Waals surface area contributed by atoms with Gasteiger partial charge < -0.3 is 34.6 Å². The van der Waals surface area contributed by atoms with Crippen molar-refractivity contribution in [1.29, 1.82) is 0 Å². The Kier molecular flexibility index (Phi) is 8.59. The molecule has 3 unspecified atom stereocenters. The Morgan fingerprint density at radius 3 is 2.43 bits per heavy atom. The largest absolute Gasteiger partial charge is 0.480 e. The zero-order valence-corrected chi connectivity index (χ0v) is 22.9. The van der Waals surface area contributed by atoms with Gasteiger partial charge in [0.05, 0.1) is 31.9 Å². The molecule has 3 atom stereocenters. The van der Waals surface area contributed by atoms with Gasteiger partial charge in [0, 0.05) is 44.2 Å². The first-order valence-corrected chi connectivity index (χ1v) is 13.7. The van der Waals surface area contributed by atoms with E-state index in [0.29, 0.717) is 0 Å². The van der Waals surface area contributed by atoms with Crippen LogP contribution in [-0.2, 0) is 23.8 Å². The maximum absolute atomic E-state index is 15.1. The Morgan fingerprint density at radius 2 is 1.74 bits per heavy atom. The normalized spacial score (nSPS) is 22.7. The van der Waals surface area contributed by atoms with E-state index in [1.54, 1.807) is 13.0 Å². The maximum atomic E-state index is 15.1. The van der Waals surface area contributed by atoms with Gasteiger partial charge in [-0.3, -0.25) is 14.5 Å². The number of fused-ring (bicyclic) bond motifs is 1. The van der Waals surface area contributed by atoms with E-state index in [-0.39, 0.29) is 87.5 Å². The van der Waals surface area contributed by atoms with E-state index >= 15 is 8.78 Å². The Morgan fingerprint density at radius 1 is 1.02 bits per heavy atom. The first kappa shape index (κ1) is 28.9. The second kappa shape index (κ2) is 12.5. The summed E-state index contributed by atoms with van der Waals surface area (Å²) in [6.45, 7) is 2.29. The van der Waals surface area contributed by atoms with Crippen molar-refractivity contribution in [3.05, 3.63) is 59.9 Å². The van der Waals surface area contributed by atoms with Crippen molar-refractivity contribution in [3.8, 4) is 0 Å². The Balaban J connectivity index is 1.11. The van der Waals surface area contributed by atoms with Crippen molar-refractivity contribution in [2.75, 3.05) is 62.2 Å². The number of ether oxygens (including phenoxy) is 3. The van der Waals surface area contributed by atoms with Crippen molar-refractivity contribution in [2.24, 2.45) is 5.92 Å². The number of nitrogens with zero attached hydrogens (tertiary/aromatic N) is 3. The van der Waals surface area contributed by atoms with Crippen LogP contribution in [0.2, 0.25) is 0 Å². The van der Waals surface area contributed by atoms with Crippen LogP contribution in [0.3, 0.4) is 0 Å². The van der Waals surface area contributed by atoms with Gasteiger partial charge in [0.15, 0.2) is 17.4 Å². The fraction of sp³-hybridized carbons (Fsp3) is 0.429. The van der Waals surface area contributed by atoms with Crippen LogP contribution in [0, 0.1) is 17.6 Å². The lowest BCUT2D eigenvalue weighted by Crippen LogP contribution is -2.51. The number of anilines is 2. The molecular weight excluding hydrogens is 556 g/mol. The van der Waals surface area contributed by atoms with E-state index in [1.807, 2.05) is 24.3 Å². The molecule has 14 heteroatoms. The first-order valence-electron chi connectivity index (χ1n) is 13.7. The molecule has 12 nitrogen and oxygen atoms in total. The van der Waals surface area contributed by atoms with Crippen LogP contribution in [0.15, 0.2) is 48.3 Å². The number of cyclic esters (lactones) is 1. The summed E-state index contributed by atoms with van der Waals surface area (Å²) >= 11 is 0. The number of hydrogen-bond donors (Lipinski definition) is 2. The Bertz CT molecular complexity index is 1320. The van der Waals surface area contributed by atoms with Gasteiger partial charge in [0.25, 0.3) is 5.91 Å². The topological polar surface area (TPSA) is 130 Å². The number of nitrogens with one attached hydrogen (secondary N) is 2. The summed E-state index contributed by atoms with van der Waals surface area (Å²) in [5.41, 5.74) is -0.281. The molecule has 0 saturated carbocycles. The molecule has 224 valence electrons. The summed E-state index contributed by atoms with van der Waals surface area (Å²) < 4.78 is 45.9. The molecule has 4 amide bonds. The third-order valence-corrected chi connectivity index (χ3v) is 7.24. The molecule has 2 saturated heterocycles. The summed E-state index contributed by atoms with van der Waals surface area (Å²) in [6.07, 6.45) is 6.83. The van der Waals surface area contributed by atoms with E-state index < -0.39 is 35.8 Å². The first-order chi connectivity index (χ1) is 20.2. The number of alkyl carbamates (subject to hydrolysis) is 1. The molecule has 1 aromatic carbocycles. The van der Waals surface area contributed by atoms with Crippen LogP contribution < -0.4 is 20.4 Å². The highest BCUT2D eigenvalue weighted by atomic mass is 19.1. The van der Waals surface area contributed by atoms with E-state index in [1.165, 1.54) is 9.80 Å². The lowest BCUT2D eigenvalue weighted by Gasteiger charge is -2.36. The van der Waals surface area contributed by atoms with Crippen molar-refractivity contribution < 1.29 is 42.2 Å². The molecule has 0 radical (unpaired) electrons. The molecule has 0 aromatic heterocycles. The van der Waals surface area contributed by atoms with Gasteiger partial charge >= 0.3 is 12.2 Å². The van der Waals surface area contributed by atoms with Gasteiger partial charge in [-0.2, -0.15) is 0 Å². The third kappa shape index (κ3) is 6.31. The van der Waals surface area contributed by atoms with E-state index in [0.717, 1.165) is 17.0 Å². The van der Waals surface area contributed by atoms with Gasteiger partial charge in [-0.1, -0.05) is 18.2 Å². The lowest BCUT2D eigenvalue weighted by atomic mass is 9.99. The molecule has 42 heavy (non-hydrogen) atoms. The molecule has 3 aliphatic heterocycles.